The lowest BCUT2D eigenvalue weighted by molar-refractivity contribution is -0.143. The number of amides is 1. The molecule has 4 heteroatoms. The van der Waals surface area contributed by atoms with Crippen LogP contribution in [0.5, 0.6) is 0 Å². The molecule has 0 aliphatic rings. The van der Waals surface area contributed by atoms with Crippen molar-refractivity contribution in [1.82, 2.24) is 5.32 Å². The minimum absolute atomic E-state index is 0.106. The minimum atomic E-state index is -0.977. The predicted molar refractivity (Wildman–Crippen MR) is 58.4 cm³/mol. The first-order chi connectivity index (χ1) is 6.77. The van der Waals surface area contributed by atoms with Crippen molar-refractivity contribution in [1.29, 1.82) is 0 Å². The van der Waals surface area contributed by atoms with Gasteiger partial charge in [-0.2, -0.15) is 0 Å². The molecule has 0 aromatic rings. The number of hydrogen-bond donors (Lipinski definition) is 2. The average molecular weight is 215 g/mol. The maximum atomic E-state index is 11.6. The van der Waals surface area contributed by atoms with Crippen LogP contribution in [-0.4, -0.2) is 23.0 Å². The van der Waals surface area contributed by atoms with Crippen LogP contribution in [0.15, 0.2) is 0 Å². The summed E-state index contributed by atoms with van der Waals surface area (Å²) in [6.07, 6.45) is 0. The Labute approximate surface area is 91.1 Å². The molecule has 0 saturated heterocycles. The quantitative estimate of drug-likeness (QED) is 0.730. The van der Waals surface area contributed by atoms with Crippen LogP contribution >= 0.6 is 0 Å². The molecule has 15 heavy (non-hydrogen) atoms. The molecule has 0 saturated carbocycles. The topological polar surface area (TPSA) is 66.4 Å². The Balaban J connectivity index is 4.43. The minimum Gasteiger partial charge on any atom is -0.480 e. The lowest BCUT2D eigenvalue weighted by Gasteiger charge is -2.22. The Bertz CT molecular complexity index is 236. The van der Waals surface area contributed by atoms with Gasteiger partial charge in [-0.1, -0.05) is 34.6 Å². The number of carboxylic acid groups (broad SMARTS) is 1. The standard InChI is InChI=1S/C11H21NO3/c1-6(2)8(5)10(13)12-9(7(3)4)11(14)15/h6-9H,1-5H3,(H,12,13)(H,14,15). The van der Waals surface area contributed by atoms with E-state index < -0.39 is 12.0 Å². The number of rotatable bonds is 5. The molecule has 0 aliphatic carbocycles. The summed E-state index contributed by atoms with van der Waals surface area (Å²) in [5, 5.41) is 11.5. The van der Waals surface area contributed by atoms with Gasteiger partial charge < -0.3 is 10.4 Å². The molecule has 0 aliphatic heterocycles. The highest BCUT2D eigenvalue weighted by Gasteiger charge is 2.26. The number of carbonyl (C=O) groups excluding carboxylic acids is 1. The molecule has 0 spiro atoms. The summed E-state index contributed by atoms with van der Waals surface area (Å²) >= 11 is 0. The monoisotopic (exact) mass is 215 g/mol. The van der Waals surface area contributed by atoms with E-state index in [2.05, 4.69) is 5.32 Å². The fourth-order valence-corrected chi connectivity index (χ4v) is 1.10. The molecule has 0 radical (unpaired) electrons. The summed E-state index contributed by atoms with van der Waals surface area (Å²) in [7, 11) is 0. The van der Waals surface area contributed by atoms with Crippen molar-refractivity contribution in [3.8, 4) is 0 Å². The van der Waals surface area contributed by atoms with Crippen LogP contribution in [0.25, 0.3) is 0 Å². The highest BCUT2D eigenvalue weighted by Crippen LogP contribution is 2.11. The fraction of sp³-hybridized carbons (Fsp3) is 0.818. The van der Waals surface area contributed by atoms with Gasteiger partial charge in [-0.15, -0.1) is 0 Å². The molecular weight excluding hydrogens is 194 g/mol. The summed E-state index contributed by atoms with van der Waals surface area (Å²) in [5.74, 6) is -1.22. The largest absolute Gasteiger partial charge is 0.480 e. The third-order valence-electron chi connectivity index (χ3n) is 2.64. The van der Waals surface area contributed by atoms with E-state index in [9.17, 15) is 9.59 Å². The highest BCUT2D eigenvalue weighted by molar-refractivity contribution is 5.85. The molecule has 0 heterocycles. The Morgan fingerprint density at radius 1 is 1.00 bits per heavy atom. The van der Waals surface area contributed by atoms with Crippen LogP contribution in [0.4, 0.5) is 0 Å². The molecule has 0 aromatic heterocycles. The van der Waals surface area contributed by atoms with Gasteiger partial charge in [0.2, 0.25) is 5.91 Å². The maximum Gasteiger partial charge on any atom is 0.326 e. The smallest absolute Gasteiger partial charge is 0.326 e. The second-order valence-corrected chi connectivity index (χ2v) is 4.60. The van der Waals surface area contributed by atoms with Gasteiger partial charge >= 0.3 is 5.97 Å². The summed E-state index contributed by atoms with van der Waals surface area (Å²) in [6, 6.07) is -0.793. The molecule has 2 N–H and O–H groups in total. The van der Waals surface area contributed by atoms with Crippen molar-refractivity contribution in [2.75, 3.05) is 0 Å². The van der Waals surface area contributed by atoms with Gasteiger partial charge in [0, 0.05) is 5.92 Å². The van der Waals surface area contributed by atoms with Crippen LogP contribution in [0, 0.1) is 17.8 Å². The lowest BCUT2D eigenvalue weighted by atomic mass is 9.96. The van der Waals surface area contributed by atoms with Gasteiger partial charge in [-0.3, -0.25) is 4.79 Å². The maximum absolute atomic E-state index is 11.6. The second kappa shape index (κ2) is 5.73. The Kier molecular flexibility index (Phi) is 5.33. The van der Waals surface area contributed by atoms with Gasteiger partial charge in [0.05, 0.1) is 0 Å². The number of aliphatic carboxylic acids is 1. The van der Waals surface area contributed by atoms with E-state index in [4.69, 9.17) is 5.11 Å². The van der Waals surface area contributed by atoms with Gasteiger partial charge in [0.1, 0.15) is 6.04 Å². The van der Waals surface area contributed by atoms with Crippen LogP contribution in [0.3, 0.4) is 0 Å². The van der Waals surface area contributed by atoms with Crippen molar-refractivity contribution in [3.63, 3.8) is 0 Å². The zero-order valence-electron chi connectivity index (χ0n) is 10.1. The number of carboxylic acids is 1. The molecule has 0 fully saturated rings. The van der Waals surface area contributed by atoms with Gasteiger partial charge in [-0.05, 0) is 11.8 Å². The van der Waals surface area contributed by atoms with E-state index in [1.165, 1.54) is 0 Å². The summed E-state index contributed by atoms with van der Waals surface area (Å²) in [5.41, 5.74) is 0. The van der Waals surface area contributed by atoms with Crippen LogP contribution in [-0.2, 0) is 9.59 Å². The van der Waals surface area contributed by atoms with Crippen molar-refractivity contribution < 1.29 is 14.7 Å². The molecule has 0 aromatic carbocycles. The second-order valence-electron chi connectivity index (χ2n) is 4.60. The zero-order chi connectivity index (χ0) is 12.2. The van der Waals surface area contributed by atoms with Crippen LogP contribution < -0.4 is 5.32 Å². The van der Waals surface area contributed by atoms with Crippen LogP contribution in [0.1, 0.15) is 34.6 Å². The third kappa shape index (κ3) is 4.32. The molecule has 1 amide bonds. The molecule has 88 valence electrons. The summed E-state index contributed by atoms with van der Waals surface area (Å²) < 4.78 is 0. The average Bonchev–Trinajstić information content (AvgIpc) is 2.11. The molecule has 4 nitrogen and oxygen atoms in total. The van der Waals surface area contributed by atoms with Gasteiger partial charge in [-0.25, -0.2) is 4.79 Å². The predicted octanol–water partition coefficient (Wildman–Crippen LogP) is 1.50. The fourth-order valence-electron chi connectivity index (χ4n) is 1.10. The molecular formula is C11H21NO3. The highest BCUT2D eigenvalue weighted by atomic mass is 16.4. The van der Waals surface area contributed by atoms with E-state index in [0.29, 0.717) is 0 Å². The lowest BCUT2D eigenvalue weighted by Crippen LogP contribution is -2.46. The molecule has 0 rings (SSSR count). The molecule has 2 unspecified atom stereocenters. The normalized spacial score (nSPS) is 15.1. The van der Waals surface area contributed by atoms with E-state index in [0.717, 1.165) is 0 Å². The molecule has 2 atom stereocenters. The van der Waals surface area contributed by atoms with E-state index in [1.807, 2.05) is 13.8 Å². The first-order valence-corrected chi connectivity index (χ1v) is 5.30. The molecule has 0 bridgehead atoms. The SMILES string of the molecule is CC(C)C(C)C(=O)NC(C(=O)O)C(C)C. The Hall–Kier alpha value is -1.06. The van der Waals surface area contributed by atoms with Gasteiger partial charge in [0.15, 0.2) is 0 Å². The number of hydrogen-bond acceptors (Lipinski definition) is 2. The Morgan fingerprint density at radius 3 is 1.73 bits per heavy atom. The van der Waals surface area contributed by atoms with Crippen molar-refractivity contribution in [2.24, 2.45) is 17.8 Å². The van der Waals surface area contributed by atoms with Crippen LogP contribution in [0.2, 0.25) is 0 Å². The zero-order valence-corrected chi connectivity index (χ0v) is 10.1. The van der Waals surface area contributed by atoms with E-state index in [1.54, 1.807) is 20.8 Å². The van der Waals surface area contributed by atoms with Crippen molar-refractivity contribution >= 4 is 11.9 Å². The number of carbonyl (C=O) groups is 2. The first kappa shape index (κ1) is 13.9. The summed E-state index contributed by atoms with van der Waals surface area (Å²) in [6.45, 7) is 9.24. The third-order valence-corrected chi connectivity index (χ3v) is 2.64. The van der Waals surface area contributed by atoms with E-state index >= 15 is 0 Å². The van der Waals surface area contributed by atoms with E-state index in [-0.39, 0.29) is 23.7 Å². The Morgan fingerprint density at radius 2 is 1.47 bits per heavy atom. The van der Waals surface area contributed by atoms with Crippen molar-refractivity contribution in [2.45, 2.75) is 40.7 Å². The first-order valence-electron chi connectivity index (χ1n) is 5.30. The number of nitrogens with one attached hydrogen (secondary N) is 1. The van der Waals surface area contributed by atoms with Crippen molar-refractivity contribution in [3.05, 3.63) is 0 Å². The van der Waals surface area contributed by atoms with Gasteiger partial charge in [0.25, 0.3) is 0 Å². The summed E-state index contributed by atoms with van der Waals surface area (Å²) in [4.78, 5) is 22.5.